The average molecular weight is 249 g/mol. The molecule has 0 spiro atoms. The van der Waals surface area contributed by atoms with Crippen LogP contribution in [0.25, 0.3) is 0 Å². The van der Waals surface area contributed by atoms with Gasteiger partial charge in [-0.2, -0.15) is 0 Å². The van der Waals surface area contributed by atoms with Crippen LogP contribution in [0.5, 0.6) is 5.75 Å². The SMILES string of the molecule is CCC(C(=O)O)N1CCc2ccc(OC)cc2C1. The Morgan fingerprint density at radius 1 is 1.50 bits per heavy atom. The summed E-state index contributed by atoms with van der Waals surface area (Å²) >= 11 is 0. The predicted octanol–water partition coefficient (Wildman–Crippen LogP) is 1.92. The Hall–Kier alpha value is -1.55. The van der Waals surface area contributed by atoms with Crippen molar-refractivity contribution in [2.45, 2.75) is 32.4 Å². The van der Waals surface area contributed by atoms with E-state index >= 15 is 0 Å². The maximum atomic E-state index is 11.2. The van der Waals surface area contributed by atoms with E-state index in [-0.39, 0.29) is 6.04 Å². The first-order valence-electron chi connectivity index (χ1n) is 6.28. The van der Waals surface area contributed by atoms with Crippen LogP contribution in [0.1, 0.15) is 24.5 Å². The Morgan fingerprint density at radius 2 is 2.28 bits per heavy atom. The highest BCUT2D eigenvalue weighted by Crippen LogP contribution is 2.25. The minimum Gasteiger partial charge on any atom is -0.497 e. The van der Waals surface area contributed by atoms with E-state index in [2.05, 4.69) is 6.07 Å². The Bertz CT molecular complexity index is 445. The molecule has 1 N–H and O–H groups in total. The van der Waals surface area contributed by atoms with Gasteiger partial charge in [0, 0.05) is 13.1 Å². The standard InChI is InChI=1S/C14H19NO3/c1-3-13(14(16)17)15-7-6-10-4-5-12(18-2)8-11(10)9-15/h4-5,8,13H,3,6-7,9H2,1-2H3,(H,16,17). The third-order valence-corrected chi connectivity index (χ3v) is 3.57. The van der Waals surface area contributed by atoms with Crippen LogP contribution in [0.3, 0.4) is 0 Å². The first-order valence-corrected chi connectivity index (χ1v) is 6.28. The molecule has 0 bridgehead atoms. The second-order valence-electron chi connectivity index (χ2n) is 4.62. The van der Waals surface area contributed by atoms with Gasteiger partial charge in [0.1, 0.15) is 11.8 Å². The minimum absolute atomic E-state index is 0.385. The molecule has 0 radical (unpaired) electrons. The lowest BCUT2D eigenvalue weighted by molar-refractivity contribution is -0.143. The van der Waals surface area contributed by atoms with E-state index in [9.17, 15) is 9.90 Å². The van der Waals surface area contributed by atoms with Gasteiger partial charge in [0.2, 0.25) is 0 Å². The monoisotopic (exact) mass is 249 g/mol. The summed E-state index contributed by atoms with van der Waals surface area (Å²) in [5, 5.41) is 9.21. The molecule has 1 aliphatic heterocycles. The molecule has 4 heteroatoms. The largest absolute Gasteiger partial charge is 0.497 e. The molecule has 18 heavy (non-hydrogen) atoms. The van der Waals surface area contributed by atoms with Gasteiger partial charge in [0.25, 0.3) is 0 Å². The zero-order chi connectivity index (χ0) is 13.1. The van der Waals surface area contributed by atoms with Gasteiger partial charge in [0.15, 0.2) is 0 Å². The highest BCUT2D eigenvalue weighted by Gasteiger charge is 2.27. The molecule has 2 rings (SSSR count). The van der Waals surface area contributed by atoms with Gasteiger partial charge in [-0.05, 0) is 36.1 Å². The molecule has 0 aliphatic carbocycles. The summed E-state index contributed by atoms with van der Waals surface area (Å²) in [7, 11) is 1.65. The highest BCUT2D eigenvalue weighted by molar-refractivity contribution is 5.73. The summed E-state index contributed by atoms with van der Waals surface area (Å²) in [4.78, 5) is 13.2. The molecule has 0 amide bonds. The van der Waals surface area contributed by atoms with Crippen molar-refractivity contribution in [1.82, 2.24) is 4.90 Å². The van der Waals surface area contributed by atoms with Crippen molar-refractivity contribution in [2.75, 3.05) is 13.7 Å². The van der Waals surface area contributed by atoms with Crippen molar-refractivity contribution < 1.29 is 14.6 Å². The van der Waals surface area contributed by atoms with Crippen molar-refractivity contribution in [3.63, 3.8) is 0 Å². The molecule has 4 nitrogen and oxygen atoms in total. The second-order valence-corrected chi connectivity index (χ2v) is 4.62. The number of carboxylic acids is 1. The zero-order valence-electron chi connectivity index (χ0n) is 10.8. The number of rotatable bonds is 4. The molecule has 0 saturated heterocycles. The number of hydrogen-bond donors (Lipinski definition) is 1. The van der Waals surface area contributed by atoms with Crippen molar-refractivity contribution in [3.05, 3.63) is 29.3 Å². The van der Waals surface area contributed by atoms with E-state index in [1.54, 1.807) is 7.11 Å². The van der Waals surface area contributed by atoms with Gasteiger partial charge in [-0.3, -0.25) is 9.69 Å². The lowest BCUT2D eigenvalue weighted by atomic mass is 9.97. The summed E-state index contributed by atoms with van der Waals surface area (Å²) in [5.41, 5.74) is 2.48. The van der Waals surface area contributed by atoms with E-state index in [1.165, 1.54) is 11.1 Å². The molecule has 1 unspecified atom stereocenters. The molecule has 0 aromatic heterocycles. The lowest BCUT2D eigenvalue weighted by Crippen LogP contribution is -2.43. The third kappa shape index (κ3) is 2.48. The van der Waals surface area contributed by atoms with Gasteiger partial charge in [-0.25, -0.2) is 0 Å². The van der Waals surface area contributed by atoms with Gasteiger partial charge < -0.3 is 9.84 Å². The molecule has 0 fully saturated rings. The van der Waals surface area contributed by atoms with Crippen LogP contribution in [-0.4, -0.2) is 35.7 Å². The molecule has 1 aromatic rings. The first-order chi connectivity index (χ1) is 8.65. The summed E-state index contributed by atoms with van der Waals surface area (Å²) < 4.78 is 5.21. The highest BCUT2D eigenvalue weighted by atomic mass is 16.5. The second kappa shape index (κ2) is 5.40. The van der Waals surface area contributed by atoms with Crippen molar-refractivity contribution in [3.8, 4) is 5.75 Å². The minimum atomic E-state index is -0.733. The maximum absolute atomic E-state index is 11.2. The van der Waals surface area contributed by atoms with Crippen molar-refractivity contribution >= 4 is 5.97 Å². The number of hydrogen-bond acceptors (Lipinski definition) is 3. The molecule has 0 saturated carbocycles. The van der Waals surface area contributed by atoms with E-state index in [1.807, 2.05) is 24.0 Å². The van der Waals surface area contributed by atoms with E-state index in [0.29, 0.717) is 13.0 Å². The van der Waals surface area contributed by atoms with E-state index < -0.39 is 5.97 Å². The Labute approximate surface area is 107 Å². The van der Waals surface area contributed by atoms with Crippen LogP contribution < -0.4 is 4.74 Å². The van der Waals surface area contributed by atoms with E-state index in [0.717, 1.165) is 18.7 Å². The Morgan fingerprint density at radius 3 is 2.89 bits per heavy atom. The number of benzene rings is 1. The number of carbonyl (C=O) groups is 1. The predicted molar refractivity (Wildman–Crippen MR) is 68.8 cm³/mol. The number of carboxylic acid groups (broad SMARTS) is 1. The number of methoxy groups -OCH3 is 1. The van der Waals surface area contributed by atoms with Crippen LogP contribution in [0.4, 0.5) is 0 Å². The smallest absolute Gasteiger partial charge is 0.320 e. The fraction of sp³-hybridized carbons (Fsp3) is 0.500. The molecule has 1 aromatic carbocycles. The van der Waals surface area contributed by atoms with Crippen LogP contribution in [0, 0.1) is 0 Å². The summed E-state index contributed by atoms with van der Waals surface area (Å²) in [5.74, 6) is 0.0998. The van der Waals surface area contributed by atoms with Crippen LogP contribution in [0.2, 0.25) is 0 Å². The van der Waals surface area contributed by atoms with Gasteiger partial charge in [0.05, 0.1) is 7.11 Å². The third-order valence-electron chi connectivity index (χ3n) is 3.57. The molecule has 1 aliphatic rings. The van der Waals surface area contributed by atoms with Crippen molar-refractivity contribution in [2.24, 2.45) is 0 Å². The number of nitrogens with zero attached hydrogens (tertiary/aromatic N) is 1. The first kappa shape index (κ1) is 12.9. The van der Waals surface area contributed by atoms with Crippen LogP contribution in [0.15, 0.2) is 18.2 Å². The Kier molecular flexibility index (Phi) is 3.87. The lowest BCUT2D eigenvalue weighted by Gasteiger charge is -2.33. The Balaban J connectivity index is 2.20. The zero-order valence-corrected chi connectivity index (χ0v) is 10.8. The maximum Gasteiger partial charge on any atom is 0.320 e. The fourth-order valence-electron chi connectivity index (χ4n) is 2.54. The number of ether oxygens (including phenoxy) is 1. The normalized spacial score (nSPS) is 17.0. The average Bonchev–Trinajstić information content (AvgIpc) is 2.38. The quantitative estimate of drug-likeness (QED) is 0.885. The number of aliphatic carboxylic acids is 1. The van der Waals surface area contributed by atoms with Gasteiger partial charge in [-0.1, -0.05) is 13.0 Å². The molecule has 1 atom stereocenters. The van der Waals surface area contributed by atoms with Gasteiger partial charge >= 0.3 is 5.97 Å². The van der Waals surface area contributed by atoms with Crippen molar-refractivity contribution in [1.29, 1.82) is 0 Å². The fourth-order valence-corrected chi connectivity index (χ4v) is 2.54. The summed E-state index contributed by atoms with van der Waals surface area (Å²) in [6, 6.07) is 5.66. The molecule has 1 heterocycles. The van der Waals surface area contributed by atoms with Crippen LogP contribution >= 0.6 is 0 Å². The molecular formula is C14H19NO3. The van der Waals surface area contributed by atoms with Gasteiger partial charge in [-0.15, -0.1) is 0 Å². The van der Waals surface area contributed by atoms with Crippen LogP contribution in [-0.2, 0) is 17.8 Å². The summed E-state index contributed by atoms with van der Waals surface area (Å²) in [6.45, 7) is 3.42. The number of fused-ring (bicyclic) bond motifs is 1. The molecule has 98 valence electrons. The van der Waals surface area contributed by atoms with E-state index in [4.69, 9.17) is 4.74 Å². The topological polar surface area (TPSA) is 49.8 Å². The molecular weight excluding hydrogens is 230 g/mol. The summed E-state index contributed by atoms with van der Waals surface area (Å²) in [6.07, 6.45) is 1.54.